The van der Waals surface area contributed by atoms with Gasteiger partial charge < -0.3 is 14.8 Å². The SMILES string of the molecule is Nc1nc2ccc(F)c(F)c2n1CCc1ncon1. The number of halogens is 2. The molecule has 0 bridgehead atoms. The highest BCUT2D eigenvalue weighted by Gasteiger charge is 2.16. The van der Waals surface area contributed by atoms with Crippen LogP contribution < -0.4 is 5.73 Å². The summed E-state index contributed by atoms with van der Waals surface area (Å²) in [5.41, 5.74) is 6.06. The van der Waals surface area contributed by atoms with Gasteiger partial charge in [-0.1, -0.05) is 5.16 Å². The van der Waals surface area contributed by atoms with Crippen molar-refractivity contribution < 1.29 is 13.3 Å². The Morgan fingerprint density at radius 3 is 2.89 bits per heavy atom. The Balaban J connectivity index is 2.02. The lowest BCUT2D eigenvalue weighted by Gasteiger charge is -2.05. The molecule has 0 aliphatic carbocycles. The molecule has 8 heteroatoms. The van der Waals surface area contributed by atoms with Gasteiger partial charge in [-0.25, -0.2) is 13.8 Å². The highest BCUT2D eigenvalue weighted by Crippen LogP contribution is 2.23. The highest BCUT2D eigenvalue weighted by atomic mass is 19.2. The van der Waals surface area contributed by atoms with Crippen LogP contribution in [0.1, 0.15) is 5.82 Å². The minimum Gasteiger partial charge on any atom is -0.369 e. The number of aromatic nitrogens is 4. The van der Waals surface area contributed by atoms with E-state index in [1.54, 1.807) is 0 Å². The maximum Gasteiger partial charge on any atom is 0.213 e. The van der Waals surface area contributed by atoms with Gasteiger partial charge in [0.15, 0.2) is 17.5 Å². The number of aryl methyl sites for hydroxylation is 2. The maximum absolute atomic E-state index is 13.8. The normalized spacial score (nSPS) is 11.3. The molecule has 98 valence electrons. The summed E-state index contributed by atoms with van der Waals surface area (Å²) >= 11 is 0. The molecule has 6 nitrogen and oxygen atoms in total. The lowest BCUT2D eigenvalue weighted by molar-refractivity contribution is 0.408. The van der Waals surface area contributed by atoms with Crippen molar-refractivity contribution in [3.05, 3.63) is 36.0 Å². The van der Waals surface area contributed by atoms with Gasteiger partial charge in [0.2, 0.25) is 12.3 Å². The second-order valence-electron chi connectivity index (χ2n) is 3.95. The predicted molar refractivity (Wildman–Crippen MR) is 62.1 cm³/mol. The van der Waals surface area contributed by atoms with E-state index in [1.165, 1.54) is 17.0 Å². The molecule has 0 saturated heterocycles. The number of nitrogens with zero attached hydrogens (tertiary/aromatic N) is 4. The van der Waals surface area contributed by atoms with Crippen molar-refractivity contribution in [2.24, 2.45) is 0 Å². The Kier molecular flexibility index (Phi) is 2.62. The molecule has 1 aromatic carbocycles. The van der Waals surface area contributed by atoms with E-state index in [0.29, 0.717) is 17.8 Å². The minimum atomic E-state index is -0.963. The Labute approximate surface area is 105 Å². The molecule has 0 aliphatic rings. The number of fused-ring (bicyclic) bond motifs is 1. The van der Waals surface area contributed by atoms with Crippen LogP contribution in [0.2, 0.25) is 0 Å². The van der Waals surface area contributed by atoms with Crippen molar-refractivity contribution >= 4 is 17.0 Å². The van der Waals surface area contributed by atoms with E-state index in [0.717, 1.165) is 6.07 Å². The summed E-state index contributed by atoms with van der Waals surface area (Å²) in [5.74, 6) is -1.33. The first-order valence-corrected chi connectivity index (χ1v) is 5.52. The fraction of sp³-hybridized carbons (Fsp3) is 0.182. The molecule has 3 aromatic rings. The Hall–Kier alpha value is -2.51. The topological polar surface area (TPSA) is 82.8 Å². The van der Waals surface area contributed by atoms with E-state index in [-0.39, 0.29) is 18.0 Å². The van der Waals surface area contributed by atoms with Gasteiger partial charge in [-0.15, -0.1) is 0 Å². The third-order valence-electron chi connectivity index (χ3n) is 2.80. The zero-order valence-corrected chi connectivity index (χ0v) is 9.68. The lowest BCUT2D eigenvalue weighted by Crippen LogP contribution is -2.07. The van der Waals surface area contributed by atoms with Gasteiger partial charge in [0, 0.05) is 13.0 Å². The summed E-state index contributed by atoms with van der Waals surface area (Å²) in [5, 5.41) is 3.64. The van der Waals surface area contributed by atoms with Crippen LogP contribution in [0.4, 0.5) is 14.7 Å². The summed E-state index contributed by atoms with van der Waals surface area (Å²) in [7, 11) is 0. The van der Waals surface area contributed by atoms with Gasteiger partial charge in [-0.3, -0.25) is 0 Å². The first kappa shape index (κ1) is 11.6. The van der Waals surface area contributed by atoms with Crippen LogP contribution in [0.5, 0.6) is 0 Å². The van der Waals surface area contributed by atoms with Crippen molar-refractivity contribution in [3.63, 3.8) is 0 Å². The monoisotopic (exact) mass is 265 g/mol. The Morgan fingerprint density at radius 1 is 1.32 bits per heavy atom. The number of nitrogen functional groups attached to an aromatic ring is 1. The van der Waals surface area contributed by atoms with Crippen LogP contribution in [0.15, 0.2) is 23.0 Å². The standard InChI is InChI=1S/C11H9F2N5O/c12-6-1-2-7-10(9(6)13)18(11(14)16-7)4-3-8-15-5-19-17-8/h1-2,5H,3-4H2,(H2,14,16). The van der Waals surface area contributed by atoms with Gasteiger partial charge in [0.05, 0.1) is 5.52 Å². The number of hydrogen-bond donors (Lipinski definition) is 1. The third kappa shape index (κ3) is 1.90. The van der Waals surface area contributed by atoms with E-state index in [4.69, 9.17) is 5.73 Å². The molecule has 3 rings (SSSR count). The quantitative estimate of drug-likeness (QED) is 0.776. The summed E-state index contributed by atoms with van der Waals surface area (Å²) in [6.07, 6.45) is 1.58. The van der Waals surface area contributed by atoms with E-state index in [1.807, 2.05) is 0 Å². The summed E-state index contributed by atoms with van der Waals surface area (Å²) in [6, 6.07) is 2.41. The average Bonchev–Trinajstić information content (AvgIpc) is 2.99. The van der Waals surface area contributed by atoms with Crippen molar-refractivity contribution in [3.8, 4) is 0 Å². The lowest BCUT2D eigenvalue weighted by atomic mass is 10.3. The molecule has 2 N–H and O–H groups in total. The molecule has 0 radical (unpaired) electrons. The minimum absolute atomic E-state index is 0.0426. The molecule has 0 unspecified atom stereocenters. The smallest absolute Gasteiger partial charge is 0.213 e. The van der Waals surface area contributed by atoms with Crippen molar-refractivity contribution in [2.45, 2.75) is 13.0 Å². The van der Waals surface area contributed by atoms with E-state index < -0.39 is 11.6 Å². The van der Waals surface area contributed by atoms with E-state index >= 15 is 0 Å². The fourth-order valence-corrected chi connectivity index (χ4v) is 1.92. The van der Waals surface area contributed by atoms with Gasteiger partial charge in [0.25, 0.3) is 0 Å². The van der Waals surface area contributed by atoms with E-state index in [9.17, 15) is 8.78 Å². The zero-order valence-electron chi connectivity index (χ0n) is 9.68. The van der Waals surface area contributed by atoms with Crippen LogP contribution >= 0.6 is 0 Å². The second-order valence-corrected chi connectivity index (χ2v) is 3.95. The highest BCUT2D eigenvalue weighted by molar-refractivity contribution is 5.79. The molecule has 0 atom stereocenters. The van der Waals surface area contributed by atoms with Gasteiger partial charge in [-0.05, 0) is 12.1 Å². The molecular weight excluding hydrogens is 256 g/mol. The number of nitrogens with two attached hydrogens (primary N) is 1. The van der Waals surface area contributed by atoms with Crippen molar-refractivity contribution in [1.82, 2.24) is 19.7 Å². The number of anilines is 1. The maximum atomic E-state index is 13.8. The van der Waals surface area contributed by atoms with Crippen molar-refractivity contribution in [2.75, 3.05) is 5.73 Å². The van der Waals surface area contributed by atoms with Crippen LogP contribution in [0.25, 0.3) is 11.0 Å². The van der Waals surface area contributed by atoms with Gasteiger partial charge in [0.1, 0.15) is 5.52 Å². The molecule has 0 spiro atoms. The van der Waals surface area contributed by atoms with Crippen LogP contribution in [-0.2, 0) is 13.0 Å². The number of imidazole rings is 1. The van der Waals surface area contributed by atoms with E-state index in [2.05, 4.69) is 19.6 Å². The first-order chi connectivity index (χ1) is 9.16. The number of benzene rings is 1. The molecule has 2 aromatic heterocycles. The molecule has 0 fully saturated rings. The summed E-state index contributed by atoms with van der Waals surface area (Å²) in [4.78, 5) is 7.83. The van der Waals surface area contributed by atoms with Gasteiger partial charge >= 0.3 is 0 Å². The Morgan fingerprint density at radius 2 is 2.16 bits per heavy atom. The van der Waals surface area contributed by atoms with Crippen LogP contribution in [-0.4, -0.2) is 19.7 Å². The predicted octanol–water partition coefficient (Wildman–Crippen LogP) is 1.52. The largest absolute Gasteiger partial charge is 0.369 e. The number of hydrogen-bond acceptors (Lipinski definition) is 5. The summed E-state index contributed by atoms with van der Waals surface area (Å²) < 4.78 is 33.0. The number of rotatable bonds is 3. The zero-order chi connectivity index (χ0) is 13.4. The molecule has 2 heterocycles. The molecule has 0 aliphatic heterocycles. The molecular formula is C11H9F2N5O. The average molecular weight is 265 g/mol. The molecule has 19 heavy (non-hydrogen) atoms. The van der Waals surface area contributed by atoms with Crippen molar-refractivity contribution in [1.29, 1.82) is 0 Å². The molecule has 0 amide bonds. The van der Waals surface area contributed by atoms with Gasteiger partial charge in [-0.2, -0.15) is 4.98 Å². The molecule has 0 saturated carbocycles. The third-order valence-corrected chi connectivity index (χ3v) is 2.80. The Bertz CT molecular complexity index is 722. The van der Waals surface area contributed by atoms with Crippen LogP contribution in [0, 0.1) is 11.6 Å². The first-order valence-electron chi connectivity index (χ1n) is 5.52. The summed E-state index contributed by atoms with van der Waals surface area (Å²) in [6.45, 7) is 0.280. The fourth-order valence-electron chi connectivity index (χ4n) is 1.92. The second kappa shape index (κ2) is 4.30. The van der Waals surface area contributed by atoms with Crippen LogP contribution in [0.3, 0.4) is 0 Å².